The van der Waals surface area contributed by atoms with Gasteiger partial charge in [-0.05, 0) is 61.4 Å². The molecule has 1 heterocycles. The monoisotopic (exact) mass is 466 g/mol. The molecule has 5 rings (SSSR count). The van der Waals surface area contributed by atoms with Gasteiger partial charge >= 0.3 is 6.03 Å². The van der Waals surface area contributed by atoms with Crippen molar-refractivity contribution < 1.29 is 9.53 Å². The third-order valence-electron chi connectivity index (χ3n) is 6.46. The lowest BCUT2D eigenvalue weighted by Gasteiger charge is -2.21. The minimum atomic E-state index is -0.229. The summed E-state index contributed by atoms with van der Waals surface area (Å²) >= 11 is 0. The summed E-state index contributed by atoms with van der Waals surface area (Å²) in [6, 6.07) is 27.8. The summed E-state index contributed by atoms with van der Waals surface area (Å²) in [5, 5.41) is 11.2. The first-order chi connectivity index (χ1) is 17.2. The lowest BCUT2D eigenvalue weighted by Crippen LogP contribution is -2.41. The highest BCUT2D eigenvalue weighted by molar-refractivity contribution is 5.90. The van der Waals surface area contributed by atoms with Gasteiger partial charge in [0.2, 0.25) is 0 Å². The normalized spacial score (nSPS) is 13.2. The molecule has 1 unspecified atom stereocenters. The maximum atomic E-state index is 13.3. The molecule has 2 N–H and O–H groups in total. The number of para-hydroxylation sites is 2. The van der Waals surface area contributed by atoms with Crippen LogP contribution in [0.2, 0.25) is 0 Å². The molecule has 0 fully saturated rings. The molecule has 0 radical (unpaired) electrons. The van der Waals surface area contributed by atoms with Crippen LogP contribution in [0.15, 0.2) is 84.9 Å². The van der Waals surface area contributed by atoms with E-state index in [-0.39, 0.29) is 12.1 Å². The zero-order valence-corrected chi connectivity index (χ0v) is 19.9. The molecule has 35 heavy (non-hydrogen) atoms. The van der Waals surface area contributed by atoms with Gasteiger partial charge in [-0.2, -0.15) is 5.10 Å². The van der Waals surface area contributed by atoms with Gasteiger partial charge in [-0.3, -0.25) is 5.32 Å². The number of nitrogens with zero attached hydrogens (tertiary/aromatic N) is 2. The number of hydrogen-bond donors (Lipinski definition) is 2. The molecular weight excluding hydrogens is 436 g/mol. The first-order valence-corrected chi connectivity index (χ1v) is 12.1. The smallest absolute Gasteiger partial charge is 0.320 e. The van der Waals surface area contributed by atoms with Crippen LogP contribution in [-0.2, 0) is 25.7 Å². The van der Waals surface area contributed by atoms with E-state index in [9.17, 15) is 4.79 Å². The second kappa shape index (κ2) is 10.5. The molecule has 1 aliphatic carbocycles. The lowest BCUT2D eigenvalue weighted by atomic mass is 9.98. The quantitative estimate of drug-likeness (QED) is 0.368. The number of anilines is 1. The molecule has 1 aromatic heterocycles. The van der Waals surface area contributed by atoms with Crippen LogP contribution in [0.1, 0.15) is 28.8 Å². The molecule has 0 saturated carbocycles. The Balaban J connectivity index is 1.39. The predicted octanol–water partition coefficient (Wildman–Crippen LogP) is 5.35. The largest absolute Gasteiger partial charge is 0.496 e. The van der Waals surface area contributed by atoms with Crippen LogP contribution < -0.4 is 15.4 Å². The minimum absolute atomic E-state index is 0.116. The zero-order valence-electron chi connectivity index (χ0n) is 19.9. The molecule has 3 aromatic carbocycles. The SMILES string of the molecule is COc1ccccc1CC(Cc1ccccc1)NC(=O)Nc1c2c(nn1-c1ccccc1)CCC2. The number of fused-ring (bicyclic) bond motifs is 1. The lowest BCUT2D eigenvalue weighted by molar-refractivity contribution is 0.248. The number of carbonyl (C=O) groups is 1. The number of carbonyl (C=O) groups excluding carboxylic acids is 1. The topological polar surface area (TPSA) is 68.2 Å². The Morgan fingerprint density at radius 2 is 1.66 bits per heavy atom. The highest BCUT2D eigenvalue weighted by Crippen LogP contribution is 2.31. The van der Waals surface area contributed by atoms with Crippen molar-refractivity contribution in [3.05, 3.63) is 107 Å². The molecule has 2 amide bonds. The van der Waals surface area contributed by atoms with Crippen LogP contribution in [0.3, 0.4) is 0 Å². The second-order valence-corrected chi connectivity index (χ2v) is 8.88. The predicted molar refractivity (Wildman–Crippen MR) is 138 cm³/mol. The fourth-order valence-corrected chi connectivity index (χ4v) is 4.82. The van der Waals surface area contributed by atoms with Gasteiger partial charge in [0.25, 0.3) is 0 Å². The van der Waals surface area contributed by atoms with Gasteiger partial charge in [-0.15, -0.1) is 0 Å². The summed E-state index contributed by atoms with van der Waals surface area (Å²) in [4.78, 5) is 13.3. The summed E-state index contributed by atoms with van der Waals surface area (Å²) in [5.41, 5.74) is 5.37. The summed E-state index contributed by atoms with van der Waals surface area (Å²) in [7, 11) is 1.68. The van der Waals surface area contributed by atoms with Crippen LogP contribution in [0, 0.1) is 0 Å². The van der Waals surface area contributed by atoms with Gasteiger partial charge in [-0.25, -0.2) is 9.48 Å². The molecule has 0 saturated heterocycles. The van der Waals surface area contributed by atoms with E-state index in [1.165, 1.54) is 5.56 Å². The van der Waals surface area contributed by atoms with Crippen LogP contribution >= 0.6 is 0 Å². The highest BCUT2D eigenvalue weighted by atomic mass is 16.5. The van der Waals surface area contributed by atoms with E-state index >= 15 is 0 Å². The Labute approximate surface area is 205 Å². The third kappa shape index (κ3) is 5.22. The number of rotatable bonds is 8. The molecule has 1 aliphatic rings. The van der Waals surface area contributed by atoms with E-state index in [2.05, 4.69) is 22.8 Å². The average molecular weight is 467 g/mol. The van der Waals surface area contributed by atoms with Gasteiger partial charge in [0.15, 0.2) is 0 Å². The van der Waals surface area contributed by atoms with Crippen LogP contribution in [0.4, 0.5) is 10.6 Å². The molecule has 178 valence electrons. The van der Waals surface area contributed by atoms with E-state index in [0.29, 0.717) is 12.8 Å². The number of methoxy groups -OCH3 is 1. The average Bonchev–Trinajstić information content (AvgIpc) is 3.48. The molecule has 0 bridgehead atoms. The molecule has 6 heteroatoms. The van der Waals surface area contributed by atoms with Gasteiger partial charge in [0, 0.05) is 11.6 Å². The summed E-state index contributed by atoms with van der Waals surface area (Å²) in [6.07, 6.45) is 4.29. The number of urea groups is 1. The van der Waals surface area contributed by atoms with Crippen molar-refractivity contribution in [3.8, 4) is 11.4 Å². The first kappa shape index (κ1) is 22.7. The fraction of sp³-hybridized carbons (Fsp3) is 0.241. The number of amides is 2. The van der Waals surface area contributed by atoms with E-state index in [1.807, 2.05) is 77.5 Å². The number of hydrogen-bond acceptors (Lipinski definition) is 3. The third-order valence-corrected chi connectivity index (χ3v) is 6.46. The molecule has 0 aliphatic heterocycles. The van der Waals surface area contributed by atoms with Gasteiger partial charge in [0.1, 0.15) is 11.6 Å². The Bertz CT molecular complexity index is 1280. The van der Waals surface area contributed by atoms with Crippen LogP contribution in [0.5, 0.6) is 5.75 Å². The maximum absolute atomic E-state index is 13.3. The van der Waals surface area contributed by atoms with Crippen LogP contribution in [0.25, 0.3) is 5.69 Å². The number of aromatic nitrogens is 2. The maximum Gasteiger partial charge on any atom is 0.320 e. The number of benzene rings is 3. The van der Waals surface area contributed by atoms with Gasteiger partial charge in [0.05, 0.1) is 18.5 Å². The van der Waals surface area contributed by atoms with E-state index in [4.69, 9.17) is 9.84 Å². The summed E-state index contributed by atoms with van der Waals surface area (Å²) in [6.45, 7) is 0. The second-order valence-electron chi connectivity index (χ2n) is 8.88. The van der Waals surface area contributed by atoms with Crippen molar-refractivity contribution in [1.82, 2.24) is 15.1 Å². The number of ether oxygens (including phenoxy) is 1. The standard InChI is InChI=1S/C29H30N4O2/c1-35-27-18-9-8-13-22(27)20-23(19-21-11-4-2-5-12-21)30-29(34)31-28-25-16-10-17-26(25)32-33(28)24-14-6-3-7-15-24/h2-9,11-15,18,23H,10,16-17,19-20H2,1H3,(H2,30,31,34). The van der Waals surface area contributed by atoms with Crippen molar-refractivity contribution in [2.75, 3.05) is 12.4 Å². The number of nitrogens with one attached hydrogen (secondary N) is 2. The highest BCUT2D eigenvalue weighted by Gasteiger charge is 2.25. The summed E-state index contributed by atoms with van der Waals surface area (Å²) < 4.78 is 7.42. The van der Waals surface area contributed by atoms with Crippen molar-refractivity contribution in [2.45, 2.75) is 38.1 Å². The summed E-state index contributed by atoms with van der Waals surface area (Å²) in [5.74, 6) is 1.59. The Hall–Kier alpha value is -4.06. The van der Waals surface area contributed by atoms with Gasteiger partial charge < -0.3 is 10.1 Å². The molecule has 4 aromatic rings. The molecular formula is C29H30N4O2. The van der Waals surface area contributed by atoms with Crippen LogP contribution in [-0.4, -0.2) is 29.0 Å². The molecule has 1 atom stereocenters. The first-order valence-electron chi connectivity index (χ1n) is 12.1. The fourth-order valence-electron chi connectivity index (χ4n) is 4.82. The van der Waals surface area contributed by atoms with Crippen molar-refractivity contribution in [1.29, 1.82) is 0 Å². The minimum Gasteiger partial charge on any atom is -0.496 e. The Morgan fingerprint density at radius 1 is 0.943 bits per heavy atom. The van der Waals surface area contributed by atoms with E-state index in [0.717, 1.165) is 53.3 Å². The van der Waals surface area contributed by atoms with E-state index in [1.54, 1.807) is 7.11 Å². The van der Waals surface area contributed by atoms with Gasteiger partial charge in [-0.1, -0.05) is 66.7 Å². The Morgan fingerprint density at radius 3 is 2.43 bits per heavy atom. The zero-order chi connectivity index (χ0) is 24.0. The molecule has 6 nitrogen and oxygen atoms in total. The number of aryl methyl sites for hydroxylation is 1. The van der Waals surface area contributed by atoms with E-state index < -0.39 is 0 Å². The van der Waals surface area contributed by atoms with Crippen molar-refractivity contribution in [2.24, 2.45) is 0 Å². The molecule has 0 spiro atoms. The Kier molecular flexibility index (Phi) is 6.80. The van der Waals surface area contributed by atoms with Crippen molar-refractivity contribution in [3.63, 3.8) is 0 Å². The van der Waals surface area contributed by atoms with Crippen molar-refractivity contribution >= 4 is 11.8 Å².